The molecule has 0 radical (unpaired) electrons. The smallest absolute Gasteiger partial charge is 0.200 e. The zero-order valence-corrected chi connectivity index (χ0v) is 18.9. The molecule has 0 fully saturated rings. The summed E-state index contributed by atoms with van der Waals surface area (Å²) in [6.45, 7) is 2.67. The van der Waals surface area contributed by atoms with Crippen LogP contribution in [0.15, 0.2) is 63.8 Å². The summed E-state index contributed by atoms with van der Waals surface area (Å²) in [6, 6.07) is 16.2. The van der Waals surface area contributed by atoms with Gasteiger partial charge in [-0.2, -0.15) is 0 Å². The molecule has 168 valence electrons. The van der Waals surface area contributed by atoms with Crippen LogP contribution in [0.5, 0.6) is 17.2 Å². The summed E-state index contributed by atoms with van der Waals surface area (Å²) in [5, 5.41) is 1.08. The quantitative estimate of drug-likeness (QED) is 0.367. The number of hydrogen-bond donors (Lipinski definition) is 0. The molecule has 2 heterocycles. The van der Waals surface area contributed by atoms with E-state index in [-0.39, 0.29) is 18.8 Å². The third-order valence-electron chi connectivity index (χ3n) is 5.56. The van der Waals surface area contributed by atoms with Crippen molar-refractivity contribution in [1.82, 2.24) is 0 Å². The number of ether oxygens (including phenoxy) is 4. The van der Waals surface area contributed by atoms with Crippen molar-refractivity contribution in [3.05, 3.63) is 86.7 Å². The molecule has 7 heteroatoms. The maximum absolute atomic E-state index is 13.2. The van der Waals surface area contributed by atoms with Crippen LogP contribution in [0.4, 0.5) is 0 Å². The monoisotopic (exact) mass is 464 g/mol. The summed E-state index contributed by atoms with van der Waals surface area (Å²) in [7, 11) is 1.60. The van der Waals surface area contributed by atoms with Crippen molar-refractivity contribution in [2.75, 3.05) is 13.9 Å². The van der Waals surface area contributed by atoms with Crippen molar-refractivity contribution in [2.45, 2.75) is 20.1 Å². The average molecular weight is 465 g/mol. The van der Waals surface area contributed by atoms with Gasteiger partial charge in [0.25, 0.3) is 0 Å². The molecular formula is C26H21ClO6. The van der Waals surface area contributed by atoms with E-state index in [2.05, 4.69) is 0 Å². The molecule has 0 atom stereocenters. The first-order valence-corrected chi connectivity index (χ1v) is 10.8. The van der Waals surface area contributed by atoms with Gasteiger partial charge >= 0.3 is 0 Å². The molecule has 0 saturated carbocycles. The maximum Gasteiger partial charge on any atom is 0.200 e. The summed E-state index contributed by atoms with van der Waals surface area (Å²) in [4.78, 5) is 13.2. The largest absolute Gasteiger partial charge is 0.497 e. The minimum atomic E-state index is -0.0947. The molecule has 1 aromatic heterocycles. The lowest BCUT2D eigenvalue weighted by Gasteiger charge is -2.21. The van der Waals surface area contributed by atoms with Crippen LogP contribution in [0.25, 0.3) is 22.1 Å². The Hall–Kier alpha value is -3.48. The number of aryl methyl sites for hydroxylation is 1. The fourth-order valence-electron chi connectivity index (χ4n) is 3.99. The van der Waals surface area contributed by atoms with Gasteiger partial charge in [-0.1, -0.05) is 23.7 Å². The van der Waals surface area contributed by atoms with Gasteiger partial charge in [-0.3, -0.25) is 4.79 Å². The molecule has 0 N–H and O–H groups in total. The summed E-state index contributed by atoms with van der Waals surface area (Å²) in [5.41, 5.74) is 3.39. The zero-order chi connectivity index (χ0) is 22.9. The fraction of sp³-hybridized carbons (Fsp3) is 0.192. The van der Waals surface area contributed by atoms with E-state index < -0.39 is 0 Å². The highest BCUT2D eigenvalue weighted by atomic mass is 35.5. The van der Waals surface area contributed by atoms with Gasteiger partial charge in [0.1, 0.15) is 35.2 Å². The van der Waals surface area contributed by atoms with E-state index in [0.717, 1.165) is 28.2 Å². The Kier molecular flexibility index (Phi) is 5.70. The molecular weight excluding hydrogens is 444 g/mol. The highest BCUT2D eigenvalue weighted by Gasteiger charge is 2.18. The Morgan fingerprint density at radius 1 is 1.03 bits per heavy atom. The third kappa shape index (κ3) is 4.15. The van der Waals surface area contributed by atoms with E-state index in [0.29, 0.717) is 39.7 Å². The second-order valence-electron chi connectivity index (χ2n) is 7.70. The van der Waals surface area contributed by atoms with Crippen LogP contribution in [0.1, 0.15) is 16.9 Å². The molecule has 0 aliphatic carbocycles. The van der Waals surface area contributed by atoms with E-state index >= 15 is 0 Å². The number of rotatable bonds is 5. The first-order valence-electron chi connectivity index (χ1n) is 10.4. The fourth-order valence-corrected chi connectivity index (χ4v) is 4.26. The number of halogens is 1. The van der Waals surface area contributed by atoms with E-state index in [1.165, 1.54) is 0 Å². The van der Waals surface area contributed by atoms with E-state index in [4.69, 9.17) is 35.0 Å². The van der Waals surface area contributed by atoms with Crippen molar-refractivity contribution >= 4 is 22.6 Å². The van der Waals surface area contributed by atoms with Crippen molar-refractivity contribution < 1.29 is 23.4 Å². The number of methoxy groups -OCH3 is 1. The lowest BCUT2D eigenvalue weighted by Crippen LogP contribution is -2.14. The highest BCUT2D eigenvalue weighted by molar-refractivity contribution is 6.30. The minimum absolute atomic E-state index is 0.0947. The van der Waals surface area contributed by atoms with Crippen LogP contribution in [0, 0.1) is 6.92 Å². The maximum atomic E-state index is 13.2. The van der Waals surface area contributed by atoms with Gasteiger partial charge in [0.05, 0.1) is 24.7 Å². The molecule has 0 amide bonds. The van der Waals surface area contributed by atoms with Crippen LogP contribution in [-0.2, 0) is 18.0 Å². The van der Waals surface area contributed by atoms with E-state index in [9.17, 15) is 4.79 Å². The lowest BCUT2D eigenvalue weighted by atomic mass is 10.0. The van der Waals surface area contributed by atoms with Crippen molar-refractivity contribution in [3.8, 4) is 28.4 Å². The third-order valence-corrected chi connectivity index (χ3v) is 5.78. The van der Waals surface area contributed by atoms with E-state index in [1.54, 1.807) is 32.2 Å². The lowest BCUT2D eigenvalue weighted by molar-refractivity contribution is -0.0175. The molecule has 4 aromatic rings. The average Bonchev–Trinajstić information content (AvgIpc) is 2.82. The number of hydrogen-bond acceptors (Lipinski definition) is 6. The Morgan fingerprint density at radius 3 is 2.61 bits per heavy atom. The molecule has 1 aliphatic heterocycles. The van der Waals surface area contributed by atoms with Crippen LogP contribution in [0.3, 0.4) is 0 Å². The molecule has 0 saturated heterocycles. The molecule has 3 aromatic carbocycles. The normalized spacial score (nSPS) is 12.8. The Bertz CT molecular complexity index is 1390. The van der Waals surface area contributed by atoms with Gasteiger partial charge < -0.3 is 23.4 Å². The molecule has 5 rings (SSSR count). The van der Waals surface area contributed by atoms with E-state index in [1.807, 2.05) is 36.4 Å². The Labute approximate surface area is 195 Å². The van der Waals surface area contributed by atoms with Crippen LogP contribution < -0.4 is 19.6 Å². The van der Waals surface area contributed by atoms with Crippen LogP contribution >= 0.6 is 11.6 Å². The van der Waals surface area contributed by atoms with Crippen molar-refractivity contribution in [3.63, 3.8) is 0 Å². The van der Waals surface area contributed by atoms with Gasteiger partial charge in [0.2, 0.25) is 5.43 Å². The molecule has 0 spiro atoms. The highest BCUT2D eigenvalue weighted by Crippen LogP contribution is 2.33. The summed E-state index contributed by atoms with van der Waals surface area (Å²) >= 11 is 6.24. The standard InChI is InChI=1S/C26H21ClO6/c1-15-24(16-3-5-20(29-2)6-4-16)25(28)22-8-7-21(11-23(22)33-15)31-13-18-10-19(27)9-17-12-30-14-32-26(17)18/h3-11H,12-14H2,1-2H3. The second-order valence-corrected chi connectivity index (χ2v) is 8.14. The zero-order valence-electron chi connectivity index (χ0n) is 18.1. The second kappa shape index (κ2) is 8.81. The minimum Gasteiger partial charge on any atom is -0.497 e. The van der Waals surface area contributed by atoms with Gasteiger partial charge in [-0.25, -0.2) is 0 Å². The predicted molar refractivity (Wildman–Crippen MR) is 125 cm³/mol. The van der Waals surface area contributed by atoms with Gasteiger partial charge in [0, 0.05) is 22.2 Å². The molecule has 33 heavy (non-hydrogen) atoms. The molecule has 0 unspecified atom stereocenters. The first-order chi connectivity index (χ1) is 16.0. The number of fused-ring (bicyclic) bond motifs is 2. The molecule has 1 aliphatic rings. The molecule has 0 bridgehead atoms. The molecule has 6 nitrogen and oxygen atoms in total. The first kappa shape index (κ1) is 21.4. The summed E-state index contributed by atoms with van der Waals surface area (Å²) in [6.07, 6.45) is 0. The van der Waals surface area contributed by atoms with Gasteiger partial charge in [-0.15, -0.1) is 0 Å². The SMILES string of the molecule is COc1ccc(-c2c(C)oc3cc(OCc4cc(Cl)cc5c4OCOC5)ccc3c2=O)cc1. The van der Waals surface area contributed by atoms with Crippen molar-refractivity contribution in [2.24, 2.45) is 0 Å². The summed E-state index contributed by atoms with van der Waals surface area (Å²) in [5.74, 6) is 2.57. The number of benzene rings is 3. The Balaban J connectivity index is 1.45. The van der Waals surface area contributed by atoms with Gasteiger partial charge in [-0.05, 0) is 48.9 Å². The predicted octanol–water partition coefficient (Wildman–Crippen LogP) is 5.88. The Morgan fingerprint density at radius 2 is 1.82 bits per heavy atom. The van der Waals surface area contributed by atoms with Gasteiger partial charge in [0.15, 0.2) is 6.79 Å². The summed E-state index contributed by atoms with van der Waals surface area (Å²) < 4.78 is 28.2. The van der Waals surface area contributed by atoms with Crippen molar-refractivity contribution in [1.29, 1.82) is 0 Å². The van der Waals surface area contributed by atoms with Crippen LogP contribution in [-0.4, -0.2) is 13.9 Å². The topological polar surface area (TPSA) is 67.1 Å². The van der Waals surface area contributed by atoms with Crippen LogP contribution in [0.2, 0.25) is 5.02 Å².